The van der Waals surface area contributed by atoms with Crippen LogP contribution in [0.15, 0.2) is 16.7 Å². The fourth-order valence-corrected chi connectivity index (χ4v) is 2.20. The molecule has 0 saturated carbocycles. The highest BCUT2D eigenvalue weighted by Gasteiger charge is 2.32. The number of ether oxygens (including phenoxy) is 2. The van der Waals surface area contributed by atoms with E-state index in [-0.39, 0.29) is 12.5 Å². The SMILES string of the molecule is CN1C(=O)[C@@H](NC(=O)OC(C)(C)C)COc2ccc(Br)nc21. The summed E-state index contributed by atoms with van der Waals surface area (Å²) in [7, 11) is 1.58. The first-order valence-corrected chi connectivity index (χ1v) is 7.53. The van der Waals surface area contributed by atoms with E-state index in [1.807, 2.05) is 0 Å². The van der Waals surface area contributed by atoms with Gasteiger partial charge in [0.05, 0.1) is 0 Å². The number of carbonyl (C=O) groups excluding carboxylic acids is 2. The van der Waals surface area contributed by atoms with Gasteiger partial charge in [-0.3, -0.25) is 9.69 Å². The number of halogens is 1. The summed E-state index contributed by atoms with van der Waals surface area (Å²) in [6.07, 6.45) is -0.664. The fourth-order valence-electron chi connectivity index (χ4n) is 1.90. The lowest BCUT2D eigenvalue weighted by atomic mass is 10.2. The van der Waals surface area contributed by atoms with Crippen LogP contribution in [0.3, 0.4) is 0 Å². The summed E-state index contributed by atoms with van der Waals surface area (Å²) >= 11 is 3.26. The first-order chi connectivity index (χ1) is 10.2. The molecule has 7 nitrogen and oxygen atoms in total. The molecule has 1 N–H and O–H groups in total. The molecule has 8 heteroatoms. The Morgan fingerprint density at radius 2 is 2.18 bits per heavy atom. The summed E-state index contributed by atoms with van der Waals surface area (Å²) in [5.41, 5.74) is -0.639. The van der Waals surface area contributed by atoms with Crippen LogP contribution in [0, 0.1) is 0 Å². The van der Waals surface area contributed by atoms with E-state index >= 15 is 0 Å². The smallest absolute Gasteiger partial charge is 0.408 e. The normalized spacial score (nSPS) is 18.1. The van der Waals surface area contributed by atoms with Crippen molar-refractivity contribution in [1.29, 1.82) is 0 Å². The summed E-state index contributed by atoms with van der Waals surface area (Å²) < 4.78 is 11.3. The van der Waals surface area contributed by atoms with E-state index in [9.17, 15) is 9.59 Å². The zero-order valence-corrected chi connectivity index (χ0v) is 14.4. The molecule has 1 aromatic heterocycles. The molecule has 0 bridgehead atoms. The summed E-state index contributed by atoms with van der Waals surface area (Å²) in [6, 6.07) is 2.60. The third-order valence-electron chi connectivity index (χ3n) is 2.85. The molecule has 1 aliphatic heterocycles. The number of anilines is 1. The van der Waals surface area contributed by atoms with E-state index in [0.717, 1.165) is 0 Å². The number of nitrogens with one attached hydrogen (secondary N) is 1. The zero-order chi connectivity index (χ0) is 16.5. The average Bonchev–Trinajstić information content (AvgIpc) is 2.50. The van der Waals surface area contributed by atoms with Crippen molar-refractivity contribution in [2.24, 2.45) is 0 Å². The lowest BCUT2D eigenvalue weighted by molar-refractivity contribution is -0.120. The maximum atomic E-state index is 12.4. The number of rotatable bonds is 1. The number of amides is 2. The predicted molar refractivity (Wildman–Crippen MR) is 84.0 cm³/mol. The van der Waals surface area contributed by atoms with Crippen LogP contribution in [-0.4, -0.2) is 42.3 Å². The number of alkyl carbamates (subject to hydrolysis) is 1. The first-order valence-electron chi connectivity index (χ1n) is 6.74. The van der Waals surface area contributed by atoms with Gasteiger partial charge in [-0.05, 0) is 48.8 Å². The van der Waals surface area contributed by atoms with Crippen LogP contribution in [0.1, 0.15) is 20.8 Å². The van der Waals surface area contributed by atoms with E-state index in [2.05, 4.69) is 26.2 Å². The molecule has 0 aromatic carbocycles. The highest BCUT2D eigenvalue weighted by molar-refractivity contribution is 9.10. The zero-order valence-electron chi connectivity index (χ0n) is 12.8. The first kappa shape index (κ1) is 16.5. The molecule has 0 radical (unpaired) electrons. The van der Waals surface area contributed by atoms with Crippen molar-refractivity contribution in [1.82, 2.24) is 10.3 Å². The van der Waals surface area contributed by atoms with Crippen molar-refractivity contribution < 1.29 is 19.1 Å². The van der Waals surface area contributed by atoms with Gasteiger partial charge >= 0.3 is 6.09 Å². The number of aromatic nitrogens is 1. The fraction of sp³-hybridized carbons (Fsp3) is 0.500. The van der Waals surface area contributed by atoms with Crippen molar-refractivity contribution in [2.45, 2.75) is 32.4 Å². The molecule has 0 fully saturated rings. The van der Waals surface area contributed by atoms with Gasteiger partial charge in [0.15, 0.2) is 11.6 Å². The van der Waals surface area contributed by atoms with Crippen molar-refractivity contribution in [3.63, 3.8) is 0 Å². The van der Waals surface area contributed by atoms with E-state index < -0.39 is 17.7 Å². The molecule has 1 aliphatic rings. The molecular formula is C14H18BrN3O4. The van der Waals surface area contributed by atoms with Gasteiger partial charge in [-0.15, -0.1) is 0 Å². The third-order valence-corrected chi connectivity index (χ3v) is 3.29. The second-order valence-electron chi connectivity index (χ2n) is 5.86. The average molecular weight is 372 g/mol. The molecule has 2 heterocycles. The molecular weight excluding hydrogens is 354 g/mol. The summed E-state index contributed by atoms with van der Waals surface area (Å²) in [4.78, 5) is 29.9. The van der Waals surface area contributed by atoms with Gasteiger partial charge in [-0.1, -0.05) is 0 Å². The molecule has 22 heavy (non-hydrogen) atoms. The van der Waals surface area contributed by atoms with Crippen molar-refractivity contribution in [2.75, 3.05) is 18.6 Å². The van der Waals surface area contributed by atoms with Crippen molar-refractivity contribution in [3.8, 4) is 5.75 Å². The van der Waals surface area contributed by atoms with Crippen LogP contribution in [0.2, 0.25) is 0 Å². The van der Waals surface area contributed by atoms with Crippen LogP contribution in [0.5, 0.6) is 5.75 Å². The Hall–Kier alpha value is -1.83. The number of hydrogen-bond acceptors (Lipinski definition) is 5. The Bertz CT molecular complexity index is 600. The van der Waals surface area contributed by atoms with Crippen LogP contribution in [-0.2, 0) is 9.53 Å². The topological polar surface area (TPSA) is 80.8 Å². The number of likely N-dealkylation sites (N-methyl/N-ethyl adjacent to an activating group) is 1. The number of carbonyl (C=O) groups is 2. The molecule has 0 spiro atoms. The van der Waals surface area contributed by atoms with E-state index in [1.54, 1.807) is 40.0 Å². The Balaban J connectivity index is 2.15. The lowest BCUT2D eigenvalue weighted by Crippen LogP contribution is -2.50. The lowest BCUT2D eigenvalue weighted by Gasteiger charge is -2.23. The largest absolute Gasteiger partial charge is 0.487 e. The number of nitrogens with zero attached hydrogens (tertiary/aromatic N) is 2. The summed E-state index contributed by atoms with van der Waals surface area (Å²) in [5.74, 6) is 0.551. The van der Waals surface area contributed by atoms with Gasteiger partial charge in [-0.2, -0.15) is 0 Å². The molecule has 0 saturated heterocycles. The van der Waals surface area contributed by atoms with E-state index in [1.165, 1.54) is 4.90 Å². The number of fused-ring (bicyclic) bond motifs is 1. The third kappa shape index (κ3) is 3.88. The van der Waals surface area contributed by atoms with Crippen molar-refractivity contribution >= 4 is 33.7 Å². The van der Waals surface area contributed by atoms with Gasteiger partial charge < -0.3 is 14.8 Å². The van der Waals surface area contributed by atoms with Gasteiger partial charge in [0.25, 0.3) is 5.91 Å². The molecule has 0 unspecified atom stereocenters. The van der Waals surface area contributed by atoms with Crippen LogP contribution in [0.25, 0.3) is 0 Å². The Labute approximate surface area is 137 Å². The van der Waals surface area contributed by atoms with Crippen molar-refractivity contribution in [3.05, 3.63) is 16.7 Å². The van der Waals surface area contributed by atoms with Crippen LogP contribution in [0.4, 0.5) is 10.6 Å². The molecule has 1 atom stereocenters. The number of pyridine rings is 1. The van der Waals surface area contributed by atoms with Gasteiger partial charge in [0, 0.05) is 7.05 Å². The quantitative estimate of drug-likeness (QED) is 0.764. The van der Waals surface area contributed by atoms with E-state index in [4.69, 9.17) is 9.47 Å². The summed E-state index contributed by atoms with van der Waals surface area (Å²) in [6.45, 7) is 5.27. The molecule has 1 aromatic rings. The maximum absolute atomic E-state index is 12.4. The Kier molecular flexibility index (Phi) is 4.60. The Morgan fingerprint density at radius 1 is 1.50 bits per heavy atom. The number of hydrogen-bond donors (Lipinski definition) is 1. The summed E-state index contributed by atoms with van der Waals surface area (Å²) in [5, 5.41) is 2.53. The molecule has 0 aliphatic carbocycles. The van der Waals surface area contributed by atoms with Gasteiger partial charge in [-0.25, -0.2) is 9.78 Å². The minimum Gasteiger partial charge on any atom is -0.487 e. The highest BCUT2D eigenvalue weighted by atomic mass is 79.9. The van der Waals surface area contributed by atoms with E-state index in [0.29, 0.717) is 16.2 Å². The van der Waals surface area contributed by atoms with Crippen LogP contribution >= 0.6 is 15.9 Å². The second kappa shape index (κ2) is 6.12. The predicted octanol–water partition coefficient (Wildman–Crippen LogP) is 2.09. The molecule has 120 valence electrons. The molecule has 2 rings (SSSR count). The second-order valence-corrected chi connectivity index (χ2v) is 6.68. The monoisotopic (exact) mass is 371 g/mol. The Morgan fingerprint density at radius 3 is 2.82 bits per heavy atom. The van der Waals surface area contributed by atoms with Crippen LogP contribution < -0.4 is 15.0 Å². The highest BCUT2D eigenvalue weighted by Crippen LogP contribution is 2.30. The minimum absolute atomic E-state index is 0.0126. The minimum atomic E-state index is -0.840. The molecule has 2 amide bonds. The van der Waals surface area contributed by atoms with Gasteiger partial charge in [0.2, 0.25) is 0 Å². The van der Waals surface area contributed by atoms with Gasteiger partial charge in [0.1, 0.15) is 22.9 Å². The standard InChI is InChI=1S/C14H18BrN3O4/c1-14(2,3)22-13(20)16-8-7-21-9-5-6-10(15)17-11(9)18(4)12(8)19/h5-6,8H,7H2,1-4H3,(H,16,20)/t8-/m0/s1. The maximum Gasteiger partial charge on any atom is 0.408 e.